The first-order valence-corrected chi connectivity index (χ1v) is 6.76. The van der Waals surface area contributed by atoms with Crippen molar-refractivity contribution >= 4 is 38.4 Å². The summed E-state index contributed by atoms with van der Waals surface area (Å²) in [5.41, 5.74) is 0.986. The first-order valence-electron chi connectivity index (χ1n) is 5.97. The molecular weight excluding hydrogens is 322 g/mol. The Bertz CT molecular complexity index is 741. The summed E-state index contributed by atoms with van der Waals surface area (Å²) in [5.74, 6) is 2.03. The Kier molecular flexibility index (Phi) is 4.20. The normalized spacial score (nSPS) is 11.1. The highest BCUT2D eigenvalue weighted by atomic mass is 79.9. The molecule has 1 amide bonds. The number of carbonyl (C=O) groups is 1. The molecule has 102 valence electrons. The molecule has 0 aliphatic heterocycles. The van der Waals surface area contributed by atoms with Crippen LogP contribution in [0.5, 0.6) is 5.88 Å². The Morgan fingerprint density at radius 2 is 2.30 bits per heavy atom. The van der Waals surface area contributed by atoms with E-state index in [4.69, 9.17) is 6.42 Å². The van der Waals surface area contributed by atoms with Gasteiger partial charge in [0.05, 0.1) is 12.1 Å². The van der Waals surface area contributed by atoms with Crippen molar-refractivity contribution in [2.45, 2.75) is 19.9 Å². The number of carbonyl (C=O) groups excluding carboxylic acids is 1. The minimum absolute atomic E-state index is 0.0938. The fourth-order valence-electron chi connectivity index (χ4n) is 1.82. The van der Waals surface area contributed by atoms with Crippen LogP contribution in [-0.2, 0) is 11.3 Å². The molecule has 0 radical (unpaired) electrons. The monoisotopic (exact) mass is 333 g/mol. The number of hydrogen-bond acceptors (Lipinski definition) is 3. The van der Waals surface area contributed by atoms with Crippen LogP contribution in [0.3, 0.4) is 0 Å². The van der Waals surface area contributed by atoms with Crippen molar-refractivity contribution < 1.29 is 9.90 Å². The molecule has 1 N–H and O–H groups in total. The van der Waals surface area contributed by atoms with E-state index in [1.165, 1.54) is 0 Å². The van der Waals surface area contributed by atoms with E-state index < -0.39 is 0 Å². The maximum absolute atomic E-state index is 11.2. The number of benzene rings is 1. The Morgan fingerprint density at radius 3 is 2.95 bits per heavy atom. The second-order valence-electron chi connectivity index (χ2n) is 4.07. The highest BCUT2D eigenvalue weighted by Gasteiger charge is 2.16. The number of aromatic nitrogens is 1. The molecule has 0 aliphatic rings. The predicted octanol–water partition coefficient (Wildman–Crippen LogP) is 3.76. The Hall–Kier alpha value is -2.13. The second kappa shape index (κ2) is 5.88. The number of amides is 1. The summed E-state index contributed by atoms with van der Waals surface area (Å²) in [5, 5.41) is 18.3. The molecule has 0 bridgehead atoms. The molecule has 2 aromatic rings. The van der Waals surface area contributed by atoms with E-state index >= 15 is 0 Å². The highest BCUT2D eigenvalue weighted by Crippen LogP contribution is 2.39. The first kappa shape index (κ1) is 14.3. The summed E-state index contributed by atoms with van der Waals surface area (Å²) in [7, 11) is 0. The van der Waals surface area contributed by atoms with Gasteiger partial charge in [0.1, 0.15) is 0 Å². The second-order valence-corrected chi connectivity index (χ2v) is 4.99. The summed E-state index contributed by atoms with van der Waals surface area (Å²) < 4.78 is 2.38. The van der Waals surface area contributed by atoms with Crippen LogP contribution in [0.1, 0.15) is 13.3 Å². The number of halogens is 1. The molecule has 2 rings (SSSR count). The lowest BCUT2D eigenvalue weighted by atomic mass is 10.2. The fourth-order valence-corrected chi connectivity index (χ4v) is 2.18. The number of aromatic hydroxyl groups is 1. The van der Waals surface area contributed by atoms with Crippen molar-refractivity contribution in [1.82, 2.24) is 4.57 Å². The van der Waals surface area contributed by atoms with Gasteiger partial charge in [0.25, 0.3) is 5.91 Å². The van der Waals surface area contributed by atoms with Crippen LogP contribution >= 0.6 is 15.9 Å². The summed E-state index contributed by atoms with van der Waals surface area (Å²) >= 11 is 3.36. The molecule has 0 spiro atoms. The molecule has 5 nitrogen and oxygen atoms in total. The van der Waals surface area contributed by atoms with Gasteiger partial charge in [-0.2, -0.15) is 0 Å². The number of fused-ring (bicyclic) bond motifs is 1. The summed E-state index contributed by atoms with van der Waals surface area (Å²) in [6.45, 7) is 1.90. The van der Waals surface area contributed by atoms with Crippen molar-refractivity contribution in [2.24, 2.45) is 10.2 Å². The van der Waals surface area contributed by atoms with Gasteiger partial charge in [-0.05, 0) is 18.2 Å². The highest BCUT2D eigenvalue weighted by molar-refractivity contribution is 9.10. The molecule has 20 heavy (non-hydrogen) atoms. The molecule has 0 saturated heterocycles. The molecule has 0 aliphatic carbocycles. The third kappa shape index (κ3) is 2.58. The lowest BCUT2D eigenvalue weighted by Crippen LogP contribution is -1.93. The smallest absolute Gasteiger partial charge is 0.264 e. The third-order valence-electron chi connectivity index (χ3n) is 2.79. The van der Waals surface area contributed by atoms with Crippen LogP contribution in [0.4, 0.5) is 5.69 Å². The maximum atomic E-state index is 11.2. The minimum Gasteiger partial charge on any atom is -0.493 e. The maximum Gasteiger partial charge on any atom is 0.264 e. The molecule has 6 heteroatoms. The van der Waals surface area contributed by atoms with Crippen LogP contribution < -0.4 is 0 Å². The average Bonchev–Trinajstić information content (AvgIpc) is 2.69. The molecule has 1 aromatic heterocycles. The molecular formula is C14H12BrN3O2. The van der Waals surface area contributed by atoms with Gasteiger partial charge in [-0.3, -0.25) is 9.36 Å². The Morgan fingerprint density at radius 1 is 1.55 bits per heavy atom. The lowest BCUT2D eigenvalue weighted by Gasteiger charge is -2.00. The molecule has 1 heterocycles. The van der Waals surface area contributed by atoms with Gasteiger partial charge in [-0.1, -0.05) is 28.8 Å². The quantitative estimate of drug-likeness (QED) is 0.686. The number of nitrogens with zero attached hydrogens (tertiary/aromatic N) is 3. The Labute approximate surface area is 124 Å². The summed E-state index contributed by atoms with van der Waals surface area (Å²) in [6, 6.07) is 5.46. The standard InChI is InChI=1S/C14H12BrN3O2/c1-3-7-18-11-6-5-9(15)8-10(11)13(14(18)20)17-16-12(19)4-2/h1,5-6,8,20H,4,7H2,2H3. The van der Waals surface area contributed by atoms with E-state index in [-0.39, 0.29) is 30.4 Å². The summed E-state index contributed by atoms with van der Waals surface area (Å²) in [4.78, 5) is 11.2. The zero-order valence-electron chi connectivity index (χ0n) is 10.8. The van der Waals surface area contributed by atoms with Crippen molar-refractivity contribution in [3.8, 4) is 18.2 Å². The van der Waals surface area contributed by atoms with E-state index in [1.54, 1.807) is 17.6 Å². The predicted molar refractivity (Wildman–Crippen MR) is 79.9 cm³/mol. The van der Waals surface area contributed by atoms with Gasteiger partial charge in [0.2, 0.25) is 5.88 Å². The van der Waals surface area contributed by atoms with Crippen molar-refractivity contribution in [3.63, 3.8) is 0 Å². The third-order valence-corrected chi connectivity index (χ3v) is 3.28. The molecule has 0 unspecified atom stereocenters. The van der Waals surface area contributed by atoms with Crippen molar-refractivity contribution in [2.75, 3.05) is 0 Å². The van der Waals surface area contributed by atoms with Crippen LogP contribution in [-0.4, -0.2) is 15.6 Å². The number of azo groups is 1. The Balaban J connectivity index is 2.66. The zero-order chi connectivity index (χ0) is 14.7. The summed E-state index contributed by atoms with van der Waals surface area (Å²) in [6.07, 6.45) is 5.56. The van der Waals surface area contributed by atoms with Crippen LogP contribution in [0, 0.1) is 12.3 Å². The van der Waals surface area contributed by atoms with Gasteiger partial charge >= 0.3 is 0 Å². The molecule has 0 fully saturated rings. The molecule has 0 saturated carbocycles. The van der Waals surface area contributed by atoms with Crippen LogP contribution in [0.2, 0.25) is 0 Å². The van der Waals surface area contributed by atoms with Gasteiger partial charge in [0.15, 0.2) is 5.69 Å². The van der Waals surface area contributed by atoms with Gasteiger partial charge < -0.3 is 5.11 Å². The first-order chi connectivity index (χ1) is 9.58. The minimum atomic E-state index is -0.350. The lowest BCUT2D eigenvalue weighted by molar-refractivity contribution is -0.117. The average molecular weight is 334 g/mol. The van der Waals surface area contributed by atoms with Gasteiger partial charge in [0, 0.05) is 16.3 Å². The zero-order valence-corrected chi connectivity index (χ0v) is 12.4. The SMILES string of the molecule is C#CCn1c(O)c(N=NC(=O)CC)c2cc(Br)ccc21. The van der Waals surface area contributed by atoms with Crippen molar-refractivity contribution in [3.05, 3.63) is 22.7 Å². The van der Waals surface area contributed by atoms with E-state index in [0.29, 0.717) is 5.39 Å². The van der Waals surface area contributed by atoms with Gasteiger partial charge in [-0.25, -0.2) is 0 Å². The van der Waals surface area contributed by atoms with Crippen molar-refractivity contribution in [1.29, 1.82) is 0 Å². The fraction of sp³-hybridized carbons (Fsp3) is 0.214. The molecule has 1 aromatic carbocycles. The number of rotatable bonds is 3. The largest absolute Gasteiger partial charge is 0.493 e. The van der Waals surface area contributed by atoms with Crippen LogP contribution in [0.25, 0.3) is 10.9 Å². The van der Waals surface area contributed by atoms with E-state index in [2.05, 4.69) is 32.1 Å². The van der Waals surface area contributed by atoms with Gasteiger partial charge in [-0.15, -0.1) is 16.7 Å². The van der Waals surface area contributed by atoms with E-state index in [9.17, 15) is 9.90 Å². The molecule has 0 atom stereocenters. The van der Waals surface area contributed by atoms with E-state index in [1.807, 2.05) is 12.1 Å². The topological polar surface area (TPSA) is 66.9 Å². The number of hydrogen-bond donors (Lipinski definition) is 1. The van der Waals surface area contributed by atoms with E-state index in [0.717, 1.165) is 9.99 Å². The van der Waals surface area contributed by atoms with Crippen LogP contribution in [0.15, 0.2) is 32.9 Å². The number of terminal acetylenes is 1.